The summed E-state index contributed by atoms with van der Waals surface area (Å²) in [6.07, 6.45) is -14.8. The number of benzene rings is 3. The van der Waals surface area contributed by atoms with Gasteiger partial charge in [0.1, 0.15) is 11.6 Å². The molecule has 0 spiro atoms. The molecule has 0 fully saturated rings. The topological polar surface area (TPSA) is 85.1 Å². The largest absolute Gasteiger partial charge is 0.493 e. The van der Waals surface area contributed by atoms with E-state index in [2.05, 4.69) is 10.6 Å². The molecule has 3 aromatic carbocycles. The smallest absolute Gasteiger partial charge is 0.341 e. The Kier molecular flexibility index (Phi) is 7.87. The van der Waals surface area contributed by atoms with Crippen LogP contribution in [-0.2, 0) is 19.0 Å². The Morgan fingerprint density at radius 3 is 2.29 bits per heavy atom. The van der Waals surface area contributed by atoms with Crippen LogP contribution in [0.4, 0.5) is 49.6 Å². The Morgan fingerprint density at radius 1 is 0.978 bits per heavy atom. The molecule has 1 unspecified atom stereocenters. The van der Waals surface area contributed by atoms with Crippen molar-refractivity contribution in [1.29, 1.82) is 0 Å². The number of carbonyl (C=O) groups is 2. The molecule has 1 aliphatic rings. The first-order valence-electron chi connectivity index (χ1n) is 12.5. The Hall–Kier alpha value is -4.54. The monoisotopic (exact) mass is 668 g/mol. The third-order valence-corrected chi connectivity index (χ3v) is 7.22. The van der Waals surface area contributed by atoms with Gasteiger partial charge in [-0.05, 0) is 42.5 Å². The zero-order valence-corrected chi connectivity index (χ0v) is 22.6. The van der Waals surface area contributed by atoms with Gasteiger partial charge in [-0.2, -0.15) is 13.2 Å². The number of rotatable bonds is 6. The van der Waals surface area contributed by atoms with Gasteiger partial charge in [0.25, 0.3) is 11.8 Å². The fourth-order valence-electron chi connectivity index (χ4n) is 5.06. The molecule has 5 rings (SSSR count). The van der Waals surface area contributed by atoms with Crippen LogP contribution in [0.2, 0.25) is 5.02 Å². The van der Waals surface area contributed by atoms with Gasteiger partial charge in [0.05, 0.1) is 28.2 Å². The molecule has 0 aliphatic carbocycles. The van der Waals surface area contributed by atoms with E-state index >= 15 is 0 Å². The maximum absolute atomic E-state index is 14.2. The summed E-state index contributed by atoms with van der Waals surface area (Å²) >= 11 is 6.18. The van der Waals surface area contributed by atoms with E-state index in [0.717, 1.165) is 18.2 Å². The van der Waals surface area contributed by atoms with Crippen LogP contribution in [0.3, 0.4) is 0 Å². The molecule has 0 saturated carbocycles. The number of nitrogens with zero attached hydrogens (tertiary/aromatic N) is 2. The lowest BCUT2D eigenvalue weighted by Crippen LogP contribution is -2.33. The Balaban J connectivity index is 1.82. The van der Waals surface area contributed by atoms with E-state index in [1.54, 1.807) is 0 Å². The van der Waals surface area contributed by atoms with Crippen LogP contribution in [0.25, 0.3) is 11.0 Å². The van der Waals surface area contributed by atoms with Crippen molar-refractivity contribution in [2.24, 2.45) is 0 Å². The second-order valence-corrected chi connectivity index (χ2v) is 10.2. The van der Waals surface area contributed by atoms with E-state index in [0.29, 0.717) is 12.1 Å². The predicted molar refractivity (Wildman–Crippen MR) is 138 cm³/mol. The molecule has 18 heteroatoms. The summed E-state index contributed by atoms with van der Waals surface area (Å²) in [5.74, 6) is -5.11. The molecule has 7 nitrogen and oxygen atoms in total. The van der Waals surface area contributed by atoms with Crippen molar-refractivity contribution >= 4 is 40.1 Å². The molecule has 238 valence electrons. The van der Waals surface area contributed by atoms with Crippen LogP contribution in [0.15, 0.2) is 47.3 Å². The average molecular weight is 669 g/mol. The summed E-state index contributed by atoms with van der Waals surface area (Å²) in [6, 6.07) is 2.69. The van der Waals surface area contributed by atoms with Crippen LogP contribution < -0.4 is 16.3 Å². The molecule has 1 atom stereocenters. The quantitative estimate of drug-likeness (QED) is 0.218. The van der Waals surface area contributed by atoms with Gasteiger partial charge in [-0.1, -0.05) is 11.6 Å². The highest BCUT2D eigenvalue weighted by Gasteiger charge is 2.43. The number of aromatic nitrogens is 2. The third kappa shape index (κ3) is 5.83. The highest BCUT2D eigenvalue weighted by atomic mass is 35.5. The Bertz CT molecular complexity index is 1930. The highest BCUT2D eigenvalue weighted by Crippen LogP contribution is 2.44. The molecule has 45 heavy (non-hydrogen) atoms. The normalized spacial score (nSPS) is 15.1. The first-order chi connectivity index (χ1) is 20.9. The molecule has 0 bridgehead atoms. The number of imidazole rings is 1. The van der Waals surface area contributed by atoms with Crippen LogP contribution in [-0.4, -0.2) is 27.4 Å². The van der Waals surface area contributed by atoms with Crippen molar-refractivity contribution in [3.8, 4) is 0 Å². The molecular weight excluding hydrogens is 654 g/mol. The predicted octanol–water partition coefficient (Wildman–Crippen LogP) is 6.97. The number of hydrogen-bond acceptors (Lipinski definition) is 3. The first-order valence-corrected chi connectivity index (χ1v) is 12.9. The summed E-state index contributed by atoms with van der Waals surface area (Å²) in [5.41, 5.74) is -8.46. The van der Waals surface area contributed by atoms with Gasteiger partial charge in [0.15, 0.2) is 0 Å². The number of halogens is 11. The Morgan fingerprint density at radius 2 is 1.67 bits per heavy atom. The van der Waals surface area contributed by atoms with Gasteiger partial charge < -0.3 is 10.6 Å². The molecular formula is C27H15ClF10N4O3. The zero-order valence-electron chi connectivity index (χ0n) is 21.9. The van der Waals surface area contributed by atoms with Crippen LogP contribution in [0.5, 0.6) is 0 Å². The maximum Gasteiger partial charge on any atom is 0.493 e. The molecule has 2 amide bonds. The maximum atomic E-state index is 14.2. The van der Waals surface area contributed by atoms with E-state index in [9.17, 15) is 58.3 Å². The van der Waals surface area contributed by atoms with E-state index in [1.165, 1.54) is 0 Å². The third-order valence-electron chi connectivity index (χ3n) is 6.88. The van der Waals surface area contributed by atoms with Crippen LogP contribution in [0, 0.1) is 11.6 Å². The van der Waals surface area contributed by atoms with Gasteiger partial charge in [0, 0.05) is 40.4 Å². The molecule has 1 aliphatic heterocycles. The van der Waals surface area contributed by atoms with Crippen LogP contribution in [0.1, 0.15) is 49.9 Å². The molecule has 4 aromatic rings. The van der Waals surface area contributed by atoms with E-state index < -0.39 is 111 Å². The fraction of sp³-hybridized carbons (Fsp3) is 0.222. The number of fused-ring (bicyclic) bond motifs is 3. The first kappa shape index (κ1) is 31.9. The van der Waals surface area contributed by atoms with E-state index in [-0.39, 0.29) is 27.3 Å². The number of nitrogens with one attached hydrogen (secondary N) is 2. The van der Waals surface area contributed by atoms with Crippen molar-refractivity contribution in [1.82, 2.24) is 14.5 Å². The standard InChI is InChI=1S/C27H15ClF10N4O3/c28-15-2-1-12(29)8-14(15)21-19-16(39-23(43)10-5-11(26(33,34)35)7-13(30)6-10)9-17-22(20(19)24(44)40-21)42(27(36,37)38)25(45)41(17)4-3-18(31)32/h1-2,5-9,18,21H,3-4H2,(H,39,43)(H,40,44). The molecule has 2 heterocycles. The number of hydrogen-bond donors (Lipinski definition) is 2. The lowest BCUT2D eigenvalue weighted by molar-refractivity contribution is -0.203. The minimum Gasteiger partial charge on any atom is -0.341 e. The van der Waals surface area contributed by atoms with Gasteiger partial charge in [-0.3, -0.25) is 14.2 Å². The number of carbonyl (C=O) groups excluding carboxylic acids is 2. The van der Waals surface area contributed by atoms with Crippen LogP contribution >= 0.6 is 11.6 Å². The average Bonchev–Trinajstić information content (AvgIpc) is 3.41. The minimum absolute atomic E-state index is 0.104. The Labute approximate surface area is 249 Å². The van der Waals surface area contributed by atoms with Crippen molar-refractivity contribution in [2.75, 3.05) is 5.32 Å². The summed E-state index contributed by atoms with van der Waals surface area (Å²) < 4.78 is 136. The minimum atomic E-state index is -5.51. The van der Waals surface area contributed by atoms with Crippen molar-refractivity contribution in [2.45, 2.75) is 37.9 Å². The zero-order chi connectivity index (χ0) is 33.2. The van der Waals surface area contributed by atoms with Gasteiger partial charge in [0.2, 0.25) is 6.43 Å². The second-order valence-electron chi connectivity index (χ2n) is 9.75. The number of amides is 2. The summed E-state index contributed by atoms with van der Waals surface area (Å²) in [5, 5.41) is 4.18. The molecule has 0 saturated heterocycles. The SMILES string of the molecule is O=C(Nc1cc2c(c3c1C(c1cc(F)ccc1Cl)NC3=O)n(C(F)(F)F)c(=O)n2CCC(F)F)c1cc(F)cc(C(F)(F)F)c1. The lowest BCUT2D eigenvalue weighted by Gasteiger charge is -2.19. The number of anilines is 1. The van der Waals surface area contributed by atoms with Crippen molar-refractivity contribution in [3.05, 3.63) is 97.4 Å². The van der Waals surface area contributed by atoms with Crippen molar-refractivity contribution < 1.29 is 53.5 Å². The van der Waals surface area contributed by atoms with E-state index in [4.69, 9.17) is 11.6 Å². The lowest BCUT2D eigenvalue weighted by atomic mass is 9.95. The van der Waals surface area contributed by atoms with Crippen molar-refractivity contribution in [3.63, 3.8) is 0 Å². The summed E-state index contributed by atoms with van der Waals surface area (Å²) in [6.45, 7) is -0.984. The molecule has 1 aromatic heterocycles. The van der Waals surface area contributed by atoms with Gasteiger partial charge in [-0.25, -0.2) is 26.9 Å². The van der Waals surface area contributed by atoms with Gasteiger partial charge >= 0.3 is 18.2 Å². The molecule has 2 N–H and O–H groups in total. The number of aryl methyl sites for hydroxylation is 1. The summed E-state index contributed by atoms with van der Waals surface area (Å²) in [4.78, 5) is 39.4. The highest BCUT2D eigenvalue weighted by molar-refractivity contribution is 6.31. The fourth-order valence-corrected chi connectivity index (χ4v) is 5.29. The summed E-state index contributed by atoms with van der Waals surface area (Å²) in [7, 11) is 0. The van der Waals surface area contributed by atoms with Gasteiger partial charge in [-0.15, -0.1) is 13.2 Å². The molecule has 0 radical (unpaired) electrons. The second kappa shape index (κ2) is 11.1. The number of alkyl halides is 8. The van der Waals surface area contributed by atoms with E-state index in [1.807, 2.05) is 0 Å².